The number of carbonyl (C=O) groups is 2. The number of aryl methyl sites for hydroxylation is 1. The number of ether oxygens (including phenoxy) is 1. The fraction of sp³-hybridized carbons (Fsp3) is 0.357. The quantitative estimate of drug-likeness (QED) is 0.544. The summed E-state index contributed by atoms with van der Waals surface area (Å²) < 4.78 is 5.25. The largest absolute Gasteiger partial charge is 0.497 e. The molecule has 2 aromatic carbocycles. The maximum absolute atomic E-state index is 13.4. The summed E-state index contributed by atoms with van der Waals surface area (Å²) >= 11 is 1.81. The molecule has 5 rings (SSSR count). The average Bonchev–Trinajstić information content (AvgIpc) is 3.38. The van der Waals surface area contributed by atoms with Crippen molar-refractivity contribution in [3.8, 4) is 5.75 Å². The molecular formula is C28H31N3O3S. The Bertz CT molecular complexity index is 1220. The van der Waals surface area contributed by atoms with E-state index in [0.717, 1.165) is 13.0 Å². The van der Waals surface area contributed by atoms with Gasteiger partial charge in [-0.05, 0) is 59.7 Å². The van der Waals surface area contributed by atoms with Gasteiger partial charge in [0.05, 0.1) is 19.7 Å². The van der Waals surface area contributed by atoms with E-state index >= 15 is 0 Å². The molecule has 0 bridgehead atoms. The molecule has 7 heteroatoms. The number of fused-ring (bicyclic) bond motifs is 1. The predicted molar refractivity (Wildman–Crippen MR) is 138 cm³/mol. The second-order valence-corrected chi connectivity index (χ2v) is 10.2. The van der Waals surface area contributed by atoms with Crippen molar-refractivity contribution in [3.63, 3.8) is 0 Å². The van der Waals surface area contributed by atoms with Crippen molar-refractivity contribution in [2.45, 2.75) is 19.4 Å². The van der Waals surface area contributed by atoms with Gasteiger partial charge in [-0.2, -0.15) is 0 Å². The number of benzene rings is 2. The average molecular weight is 490 g/mol. The molecule has 0 spiro atoms. The molecule has 0 aliphatic carbocycles. The number of hydrogen-bond acceptors (Lipinski definition) is 5. The van der Waals surface area contributed by atoms with Gasteiger partial charge in [-0.3, -0.25) is 14.5 Å². The van der Waals surface area contributed by atoms with Gasteiger partial charge in [-0.15, -0.1) is 11.3 Å². The van der Waals surface area contributed by atoms with Crippen LogP contribution in [0.5, 0.6) is 5.75 Å². The summed E-state index contributed by atoms with van der Waals surface area (Å²) in [6.07, 6.45) is 0.978. The Hall–Kier alpha value is -3.16. The summed E-state index contributed by atoms with van der Waals surface area (Å²) in [6, 6.07) is 18.0. The summed E-state index contributed by atoms with van der Waals surface area (Å²) in [5, 5.41) is 2.17. The van der Waals surface area contributed by atoms with Crippen molar-refractivity contribution in [1.82, 2.24) is 14.7 Å². The van der Waals surface area contributed by atoms with E-state index in [2.05, 4.69) is 47.5 Å². The van der Waals surface area contributed by atoms with Crippen molar-refractivity contribution in [2.24, 2.45) is 0 Å². The van der Waals surface area contributed by atoms with E-state index in [1.54, 1.807) is 13.2 Å². The molecule has 0 unspecified atom stereocenters. The highest BCUT2D eigenvalue weighted by Crippen LogP contribution is 2.38. The summed E-state index contributed by atoms with van der Waals surface area (Å²) in [5.74, 6) is 0.788. The van der Waals surface area contributed by atoms with Crippen molar-refractivity contribution >= 4 is 23.2 Å². The molecule has 0 radical (unpaired) electrons. The first-order valence-corrected chi connectivity index (χ1v) is 13.0. The van der Waals surface area contributed by atoms with E-state index in [-0.39, 0.29) is 17.9 Å². The van der Waals surface area contributed by atoms with Crippen LogP contribution in [0, 0.1) is 6.92 Å². The van der Waals surface area contributed by atoms with Crippen LogP contribution in [-0.2, 0) is 11.2 Å². The number of carbonyl (C=O) groups excluding carboxylic acids is 2. The highest BCUT2D eigenvalue weighted by molar-refractivity contribution is 7.10. The van der Waals surface area contributed by atoms with Crippen molar-refractivity contribution in [3.05, 3.63) is 87.1 Å². The minimum Gasteiger partial charge on any atom is -0.497 e. The predicted octanol–water partition coefficient (Wildman–Crippen LogP) is 4.00. The Kier molecular flexibility index (Phi) is 6.88. The van der Waals surface area contributed by atoms with Crippen LogP contribution < -0.4 is 4.74 Å². The van der Waals surface area contributed by atoms with Crippen LogP contribution in [0.2, 0.25) is 0 Å². The molecule has 3 aromatic rings. The van der Waals surface area contributed by atoms with Gasteiger partial charge in [0.1, 0.15) is 5.75 Å². The Balaban J connectivity index is 1.25. The smallest absolute Gasteiger partial charge is 0.254 e. The van der Waals surface area contributed by atoms with Gasteiger partial charge in [-0.25, -0.2) is 0 Å². The third-order valence-electron chi connectivity index (χ3n) is 7.12. The zero-order chi connectivity index (χ0) is 24.4. The van der Waals surface area contributed by atoms with Crippen molar-refractivity contribution in [2.75, 3.05) is 46.4 Å². The number of thiophene rings is 1. The first-order chi connectivity index (χ1) is 17.0. The highest BCUT2D eigenvalue weighted by Gasteiger charge is 2.33. The molecule has 1 fully saturated rings. The molecule has 0 N–H and O–H groups in total. The molecule has 6 nitrogen and oxygen atoms in total. The fourth-order valence-corrected chi connectivity index (χ4v) is 6.07. The Morgan fingerprint density at radius 2 is 1.71 bits per heavy atom. The maximum Gasteiger partial charge on any atom is 0.254 e. The SMILES string of the molecule is COc1cccc(C(=O)N2CCN(C(=O)CN3CCc4sccc4[C@H]3c3ccccc3C)CC2)c1. The Morgan fingerprint density at radius 1 is 0.943 bits per heavy atom. The zero-order valence-electron chi connectivity index (χ0n) is 20.3. The van der Waals surface area contributed by atoms with Gasteiger partial charge in [0.25, 0.3) is 5.91 Å². The summed E-state index contributed by atoms with van der Waals surface area (Å²) in [6.45, 7) is 5.59. The highest BCUT2D eigenvalue weighted by atomic mass is 32.1. The summed E-state index contributed by atoms with van der Waals surface area (Å²) in [7, 11) is 1.60. The Morgan fingerprint density at radius 3 is 2.49 bits per heavy atom. The molecule has 1 aromatic heterocycles. The van der Waals surface area contributed by atoms with Gasteiger partial charge in [-0.1, -0.05) is 30.3 Å². The lowest BCUT2D eigenvalue weighted by Gasteiger charge is -2.39. The van der Waals surface area contributed by atoms with Gasteiger partial charge in [0.15, 0.2) is 0 Å². The van der Waals surface area contributed by atoms with E-state index in [1.165, 1.54) is 21.6 Å². The summed E-state index contributed by atoms with van der Waals surface area (Å²) in [5.41, 5.74) is 4.47. The van der Waals surface area contributed by atoms with E-state index in [1.807, 2.05) is 39.3 Å². The standard InChI is InChI=1S/C28H31N3O3S/c1-20-6-3-4-9-23(20)27-24-11-17-35-25(24)10-12-31(27)19-26(32)29-13-15-30(16-14-29)28(33)21-7-5-8-22(18-21)34-2/h3-9,11,17-18,27H,10,12-16,19H2,1-2H3/t27-/m1/s1. The van der Waals surface area contributed by atoms with E-state index in [4.69, 9.17) is 4.74 Å². The second-order valence-electron chi connectivity index (χ2n) is 9.18. The van der Waals surface area contributed by atoms with Crippen LogP contribution in [0.15, 0.2) is 60.0 Å². The van der Waals surface area contributed by atoms with Crippen LogP contribution in [0.3, 0.4) is 0 Å². The van der Waals surface area contributed by atoms with Gasteiger partial charge < -0.3 is 14.5 Å². The molecule has 2 aliphatic rings. The Labute approximate surface area is 210 Å². The van der Waals surface area contributed by atoms with Gasteiger partial charge >= 0.3 is 0 Å². The lowest BCUT2D eigenvalue weighted by Crippen LogP contribution is -2.53. The monoisotopic (exact) mass is 489 g/mol. The number of methoxy groups -OCH3 is 1. The normalized spacial score (nSPS) is 18.3. The first-order valence-electron chi connectivity index (χ1n) is 12.1. The second kappa shape index (κ2) is 10.2. The third-order valence-corrected chi connectivity index (χ3v) is 8.12. The van der Waals surface area contributed by atoms with Crippen LogP contribution in [0.25, 0.3) is 0 Å². The summed E-state index contributed by atoms with van der Waals surface area (Å²) in [4.78, 5) is 33.8. The third kappa shape index (κ3) is 4.83. The molecule has 1 saturated heterocycles. The first kappa shape index (κ1) is 23.6. The number of nitrogens with zero attached hydrogens (tertiary/aromatic N) is 3. The molecule has 0 saturated carbocycles. The lowest BCUT2D eigenvalue weighted by atomic mass is 9.90. The molecule has 2 aliphatic heterocycles. The maximum atomic E-state index is 13.4. The van der Waals surface area contributed by atoms with Crippen molar-refractivity contribution in [1.29, 1.82) is 0 Å². The topological polar surface area (TPSA) is 53.1 Å². The molecule has 3 heterocycles. The van der Waals surface area contributed by atoms with E-state index in [0.29, 0.717) is 44.0 Å². The molecular weight excluding hydrogens is 458 g/mol. The molecule has 2 amide bonds. The minimum atomic E-state index is -0.0170. The molecule has 35 heavy (non-hydrogen) atoms. The van der Waals surface area contributed by atoms with Crippen LogP contribution in [0.1, 0.15) is 38.0 Å². The fourth-order valence-electron chi connectivity index (χ4n) is 5.17. The number of amides is 2. The minimum absolute atomic E-state index is 0.0170. The van der Waals surface area contributed by atoms with Crippen molar-refractivity contribution < 1.29 is 14.3 Å². The van der Waals surface area contributed by atoms with Crippen LogP contribution >= 0.6 is 11.3 Å². The van der Waals surface area contributed by atoms with E-state index in [9.17, 15) is 9.59 Å². The van der Waals surface area contributed by atoms with E-state index < -0.39 is 0 Å². The number of rotatable bonds is 5. The van der Waals surface area contributed by atoms with Gasteiger partial charge in [0, 0.05) is 43.2 Å². The lowest BCUT2D eigenvalue weighted by molar-refractivity contribution is -0.134. The molecule has 1 atom stereocenters. The zero-order valence-corrected chi connectivity index (χ0v) is 21.1. The van der Waals surface area contributed by atoms with Crippen LogP contribution in [0.4, 0.5) is 0 Å². The molecule has 182 valence electrons. The number of piperazine rings is 1. The van der Waals surface area contributed by atoms with Crippen LogP contribution in [-0.4, -0.2) is 72.9 Å². The van der Waals surface area contributed by atoms with Gasteiger partial charge in [0.2, 0.25) is 5.91 Å². The number of hydrogen-bond donors (Lipinski definition) is 0.